The fourth-order valence-corrected chi connectivity index (χ4v) is 7.17. The molecule has 0 spiro atoms. The van der Waals surface area contributed by atoms with Gasteiger partial charge in [-0.3, -0.25) is 4.79 Å². The molecule has 0 atom stereocenters. The van der Waals surface area contributed by atoms with E-state index in [0.29, 0.717) is 11.8 Å². The molecule has 13 heteroatoms. The number of likely N-dealkylation sites (tertiary alicyclic amines) is 1. The molecule has 0 unspecified atom stereocenters. The minimum Gasteiger partial charge on any atom is -0.490 e. The molecule has 4 rings (SSSR count). The Kier molecular flexibility index (Phi) is 7.32. The van der Waals surface area contributed by atoms with Gasteiger partial charge < -0.3 is 9.64 Å². The Morgan fingerprint density at radius 1 is 1.00 bits per heavy atom. The predicted octanol–water partition coefficient (Wildman–Crippen LogP) is 4.15. The van der Waals surface area contributed by atoms with Crippen LogP contribution < -0.4 is 4.74 Å². The van der Waals surface area contributed by atoms with Crippen molar-refractivity contribution >= 4 is 25.6 Å². The summed E-state index contributed by atoms with van der Waals surface area (Å²) in [6, 6.07) is 7.12. The van der Waals surface area contributed by atoms with Crippen LogP contribution in [0.4, 0.5) is 13.2 Å². The van der Waals surface area contributed by atoms with Crippen LogP contribution in [0, 0.1) is 5.92 Å². The molecule has 8 nitrogen and oxygen atoms in total. The van der Waals surface area contributed by atoms with E-state index in [1.165, 1.54) is 30.9 Å². The first kappa shape index (κ1) is 28.3. The lowest BCUT2D eigenvalue weighted by Gasteiger charge is -2.40. The van der Waals surface area contributed by atoms with Crippen molar-refractivity contribution in [3.8, 4) is 5.75 Å². The summed E-state index contributed by atoms with van der Waals surface area (Å²) in [5.74, 6) is -0.600. The molecule has 208 valence electrons. The van der Waals surface area contributed by atoms with E-state index in [0.717, 1.165) is 31.2 Å². The summed E-state index contributed by atoms with van der Waals surface area (Å²) in [4.78, 5) is 18.0. The van der Waals surface area contributed by atoms with Crippen LogP contribution in [0.1, 0.15) is 55.6 Å². The van der Waals surface area contributed by atoms with E-state index < -0.39 is 53.1 Å². The molecular weight excluding hydrogens is 545 g/mol. The van der Waals surface area contributed by atoms with Crippen LogP contribution in [-0.2, 0) is 25.9 Å². The lowest BCUT2D eigenvalue weighted by Crippen LogP contribution is -2.48. The molecule has 1 amide bonds. The molecular formula is C25H29F3N2O6S2. The smallest absolute Gasteiger partial charge is 0.433 e. The largest absolute Gasteiger partial charge is 0.490 e. The fraction of sp³-hybridized carbons (Fsp3) is 0.520. The summed E-state index contributed by atoms with van der Waals surface area (Å²) in [6.45, 7) is 3.21. The van der Waals surface area contributed by atoms with Crippen molar-refractivity contribution < 1.29 is 39.5 Å². The third-order valence-electron chi connectivity index (χ3n) is 7.16. The van der Waals surface area contributed by atoms with Crippen LogP contribution in [0.5, 0.6) is 5.75 Å². The lowest BCUT2D eigenvalue weighted by atomic mass is 9.85. The molecule has 1 saturated carbocycles. The van der Waals surface area contributed by atoms with Crippen molar-refractivity contribution in [3.63, 3.8) is 0 Å². The molecule has 1 aromatic carbocycles. The molecule has 2 fully saturated rings. The Hall–Kier alpha value is -2.67. The standard InChI is InChI=1S/C25H29F3N2O6S2/c1-24(2,38(34,35)22-6-4-5-21(29-22)25(26,27)28)16-11-13-30(14-12-16)23(31)19-10-9-18(36-17-7-8-17)15-20(19)37(3,32)33/h4-6,9-10,15-17H,7-8,11-14H2,1-3H3. The number of sulfone groups is 2. The maximum atomic E-state index is 13.3. The van der Waals surface area contributed by atoms with Crippen LogP contribution >= 0.6 is 0 Å². The normalized spacial score (nSPS) is 17.9. The third-order valence-corrected chi connectivity index (χ3v) is 10.8. The maximum Gasteiger partial charge on any atom is 0.433 e. The first-order chi connectivity index (χ1) is 17.5. The number of nitrogens with zero attached hydrogens (tertiary/aromatic N) is 2. The highest BCUT2D eigenvalue weighted by molar-refractivity contribution is 7.92. The number of pyridine rings is 1. The number of piperidine rings is 1. The fourth-order valence-electron chi connectivity index (χ4n) is 4.60. The number of alkyl halides is 3. The molecule has 38 heavy (non-hydrogen) atoms. The summed E-state index contributed by atoms with van der Waals surface area (Å²) < 4.78 is 95.1. The van der Waals surface area contributed by atoms with E-state index in [1.54, 1.807) is 6.07 Å². The van der Waals surface area contributed by atoms with Gasteiger partial charge in [0, 0.05) is 19.3 Å². The number of hydrogen-bond donors (Lipinski definition) is 0. The Morgan fingerprint density at radius 2 is 1.63 bits per heavy atom. The minimum atomic E-state index is -4.78. The van der Waals surface area contributed by atoms with Gasteiger partial charge in [0.2, 0.25) is 9.84 Å². The van der Waals surface area contributed by atoms with Crippen LogP contribution in [0.15, 0.2) is 46.3 Å². The quantitative estimate of drug-likeness (QED) is 0.489. The zero-order valence-corrected chi connectivity index (χ0v) is 22.8. The number of benzene rings is 1. The summed E-state index contributed by atoms with van der Waals surface area (Å²) >= 11 is 0. The molecule has 0 bridgehead atoms. The Morgan fingerprint density at radius 3 is 2.18 bits per heavy atom. The van der Waals surface area contributed by atoms with Crippen molar-refractivity contribution in [2.75, 3.05) is 19.3 Å². The number of halogens is 3. The number of rotatable bonds is 7. The van der Waals surface area contributed by atoms with E-state index in [2.05, 4.69) is 4.98 Å². The van der Waals surface area contributed by atoms with Gasteiger partial charge in [-0.05, 0) is 75.8 Å². The van der Waals surface area contributed by atoms with Gasteiger partial charge in [-0.25, -0.2) is 21.8 Å². The van der Waals surface area contributed by atoms with Gasteiger partial charge >= 0.3 is 6.18 Å². The van der Waals surface area contributed by atoms with Crippen LogP contribution in [0.3, 0.4) is 0 Å². The monoisotopic (exact) mass is 574 g/mol. The Balaban J connectivity index is 1.51. The van der Waals surface area contributed by atoms with Crippen molar-refractivity contribution in [1.29, 1.82) is 0 Å². The topological polar surface area (TPSA) is 111 Å². The summed E-state index contributed by atoms with van der Waals surface area (Å²) in [5, 5.41) is -0.651. The first-order valence-corrected chi connectivity index (χ1v) is 15.5. The molecule has 2 aromatic rings. The zero-order chi connectivity index (χ0) is 28.1. The van der Waals surface area contributed by atoms with E-state index in [1.807, 2.05) is 0 Å². The van der Waals surface area contributed by atoms with E-state index in [4.69, 9.17) is 4.74 Å². The molecule has 1 aliphatic carbocycles. The molecule has 0 N–H and O–H groups in total. The predicted molar refractivity (Wildman–Crippen MR) is 132 cm³/mol. The van der Waals surface area contributed by atoms with Crippen LogP contribution in [-0.4, -0.2) is 62.8 Å². The number of ether oxygens (including phenoxy) is 1. The van der Waals surface area contributed by atoms with Gasteiger partial charge in [0.05, 0.1) is 21.3 Å². The highest BCUT2D eigenvalue weighted by Gasteiger charge is 2.46. The van der Waals surface area contributed by atoms with E-state index in [9.17, 15) is 34.8 Å². The van der Waals surface area contributed by atoms with Gasteiger partial charge in [0.25, 0.3) is 5.91 Å². The second-order valence-corrected chi connectivity index (χ2v) is 14.7. The van der Waals surface area contributed by atoms with E-state index in [-0.39, 0.29) is 42.5 Å². The highest BCUT2D eigenvalue weighted by Crippen LogP contribution is 2.39. The van der Waals surface area contributed by atoms with Gasteiger partial charge in [-0.15, -0.1) is 0 Å². The highest BCUT2D eigenvalue weighted by atomic mass is 32.2. The number of carbonyl (C=O) groups is 1. The van der Waals surface area contributed by atoms with E-state index >= 15 is 0 Å². The van der Waals surface area contributed by atoms with Crippen molar-refractivity contribution in [1.82, 2.24) is 9.88 Å². The summed E-state index contributed by atoms with van der Waals surface area (Å²) in [6.07, 6.45) is -1.43. The average molecular weight is 575 g/mol. The molecule has 2 heterocycles. The third kappa shape index (κ3) is 5.68. The Bertz CT molecular complexity index is 1440. The second kappa shape index (κ2) is 9.82. The van der Waals surface area contributed by atoms with Gasteiger partial charge in [0.15, 0.2) is 14.9 Å². The summed E-state index contributed by atoms with van der Waals surface area (Å²) in [7, 11) is -8.00. The summed E-state index contributed by atoms with van der Waals surface area (Å²) in [5.41, 5.74) is -1.28. The molecule has 2 aliphatic rings. The molecule has 1 saturated heterocycles. The minimum absolute atomic E-state index is 0.00847. The number of aromatic nitrogens is 1. The van der Waals surface area contributed by atoms with Gasteiger partial charge in [-0.1, -0.05) is 6.07 Å². The van der Waals surface area contributed by atoms with Crippen LogP contribution in [0.2, 0.25) is 0 Å². The average Bonchev–Trinajstić information content (AvgIpc) is 3.66. The van der Waals surface area contributed by atoms with Gasteiger partial charge in [-0.2, -0.15) is 13.2 Å². The number of hydrogen-bond acceptors (Lipinski definition) is 7. The zero-order valence-electron chi connectivity index (χ0n) is 21.2. The van der Waals surface area contributed by atoms with Crippen molar-refractivity contribution in [2.24, 2.45) is 5.92 Å². The number of carbonyl (C=O) groups excluding carboxylic acids is 1. The molecule has 0 radical (unpaired) electrons. The number of amides is 1. The molecule has 1 aromatic heterocycles. The van der Waals surface area contributed by atoms with Crippen molar-refractivity contribution in [2.45, 2.75) is 66.5 Å². The first-order valence-electron chi connectivity index (χ1n) is 12.1. The second-order valence-electron chi connectivity index (χ2n) is 10.3. The maximum absolute atomic E-state index is 13.3. The molecule has 1 aliphatic heterocycles. The van der Waals surface area contributed by atoms with Crippen molar-refractivity contribution in [3.05, 3.63) is 47.7 Å². The van der Waals surface area contributed by atoms with Crippen LogP contribution in [0.25, 0.3) is 0 Å². The van der Waals surface area contributed by atoms with Gasteiger partial charge in [0.1, 0.15) is 11.4 Å². The lowest BCUT2D eigenvalue weighted by molar-refractivity contribution is -0.141. The SMILES string of the molecule is CC(C)(C1CCN(C(=O)c2ccc(OC3CC3)cc2S(C)(=O)=O)CC1)S(=O)(=O)c1cccc(C(F)(F)F)n1. The Labute approximate surface area is 220 Å².